The van der Waals surface area contributed by atoms with Crippen molar-refractivity contribution in [3.8, 4) is 11.3 Å². The van der Waals surface area contributed by atoms with Gasteiger partial charge in [-0.3, -0.25) is 0 Å². The van der Waals surface area contributed by atoms with Gasteiger partial charge in [0.15, 0.2) is 0 Å². The van der Waals surface area contributed by atoms with Crippen molar-refractivity contribution in [3.63, 3.8) is 0 Å². The molecule has 20 heavy (non-hydrogen) atoms. The SMILES string of the molecule is Cc1ccc2c(c1)-c1nc3ccccc3c(Cl)c1CS2. The zero-order valence-corrected chi connectivity index (χ0v) is 12.6. The number of hydrogen-bond donors (Lipinski definition) is 0. The van der Waals surface area contributed by atoms with E-state index >= 15 is 0 Å². The molecule has 2 aromatic carbocycles. The Morgan fingerprint density at radius 2 is 2.00 bits per heavy atom. The van der Waals surface area contributed by atoms with E-state index in [9.17, 15) is 0 Å². The lowest BCUT2D eigenvalue weighted by molar-refractivity contribution is 1.23. The molecule has 98 valence electrons. The Bertz CT molecular complexity index is 842. The molecule has 0 saturated heterocycles. The van der Waals surface area contributed by atoms with Crippen LogP contribution in [0.3, 0.4) is 0 Å². The Labute approximate surface area is 127 Å². The molecule has 1 nitrogen and oxygen atoms in total. The van der Waals surface area contributed by atoms with E-state index in [1.807, 2.05) is 36.0 Å². The fraction of sp³-hybridized carbons (Fsp3) is 0.118. The third-order valence-electron chi connectivity index (χ3n) is 3.69. The first-order valence-electron chi connectivity index (χ1n) is 6.55. The number of aromatic nitrogens is 1. The second-order valence-electron chi connectivity index (χ2n) is 5.06. The molecule has 0 spiro atoms. The van der Waals surface area contributed by atoms with Gasteiger partial charge in [0.05, 0.1) is 16.2 Å². The largest absolute Gasteiger partial charge is 0.247 e. The van der Waals surface area contributed by atoms with Gasteiger partial charge in [0.2, 0.25) is 0 Å². The molecule has 1 aliphatic rings. The monoisotopic (exact) mass is 297 g/mol. The van der Waals surface area contributed by atoms with Gasteiger partial charge in [0, 0.05) is 27.2 Å². The van der Waals surface area contributed by atoms with Gasteiger partial charge in [-0.2, -0.15) is 0 Å². The van der Waals surface area contributed by atoms with E-state index in [0.717, 1.165) is 32.9 Å². The summed E-state index contributed by atoms with van der Waals surface area (Å²) in [5, 5.41) is 1.90. The molecule has 0 aliphatic carbocycles. The predicted octanol–water partition coefficient (Wildman–Crippen LogP) is 5.47. The van der Waals surface area contributed by atoms with Crippen molar-refractivity contribution >= 4 is 34.3 Å². The zero-order valence-electron chi connectivity index (χ0n) is 11.0. The van der Waals surface area contributed by atoms with Crippen molar-refractivity contribution < 1.29 is 0 Å². The van der Waals surface area contributed by atoms with Crippen LogP contribution in [0.5, 0.6) is 0 Å². The van der Waals surface area contributed by atoms with Crippen molar-refractivity contribution in [2.24, 2.45) is 0 Å². The summed E-state index contributed by atoms with van der Waals surface area (Å²) in [5.74, 6) is 0.891. The van der Waals surface area contributed by atoms with Crippen LogP contribution in [0.15, 0.2) is 47.4 Å². The van der Waals surface area contributed by atoms with Crippen LogP contribution in [0.2, 0.25) is 5.02 Å². The normalized spacial score (nSPS) is 13.1. The molecule has 1 aliphatic heterocycles. The Hall–Kier alpha value is -1.51. The van der Waals surface area contributed by atoms with Crippen LogP contribution in [-0.2, 0) is 5.75 Å². The van der Waals surface area contributed by atoms with E-state index in [2.05, 4.69) is 25.1 Å². The molecule has 3 heteroatoms. The number of aryl methyl sites for hydroxylation is 1. The lowest BCUT2D eigenvalue weighted by Crippen LogP contribution is -2.01. The summed E-state index contributed by atoms with van der Waals surface area (Å²) in [6.45, 7) is 2.11. The van der Waals surface area contributed by atoms with E-state index in [-0.39, 0.29) is 0 Å². The summed E-state index contributed by atoms with van der Waals surface area (Å²) in [6, 6.07) is 14.6. The third-order valence-corrected chi connectivity index (χ3v) is 5.22. The number of hydrogen-bond acceptors (Lipinski definition) is 2. The van der Waals surface area contributed by atoms with Crippen molar-refractivity contribution in [3.05, 3.63) is 58.6 Å². The van der Waals surface area contributed by atoms with Crippen molar-refractivity contribution in [1.29, 1.82) is 0 Å². The standard InChI is InChI=1S/C17H12ClNS/c1-10-6-7-15-12(8-10)17-13(9-20-15)16(18)11-4-2-3-5-14(11)19-17/h2-8H,9H2,1H3. The maximum Gasteiger partial charge on any atom is 0.0776 e. The number of thioether (sulfide) groups is 1. The summed E-state index contributed by atoms with van der Waals surface area (Å²) < 4.78 is 0. The number of pyridine rings is 1. The lowest BCUT2D eigenvalue weighted by atomic mass is 10.0. The molecule has 0 saturated carbocycles. The predicted molar refractivity (Wildman–Crippen MR) is 86.5 cm³/mol. The highest BCUT2D eigenvalue weighted by molar-refractivity contribution is 7.98. The molecule has 0 radical (unpaired) electrons. The lowest BCUT2D eigenvalue weighted by Gasteiger charge is -2.21. The topological polar surface area (TPSA) is 12.9 Å². The molecule has 0 amide bonds. The maximum atomic E-state index is 6.61. The van der Waals surface area contributed by atoms with Gasteiger partial charge in [0.25, 0.3) is 0 Å². The Morgan fingerprint density at radius 1 is 1.15 bits per heavy atom. The van der Waals surface area contributed by atoms with Crippen LogP contribution in [0.4, 0.5) is 0 Å². The quantitative estimate of drug-likeness (QED) is 0.546. The van der Waals surface area contributed by atoms with Gasteiger partial charge in [-0.05, 0) is 25.1 Å². The van der Waals surface area contributed by atoms with E-state index < -0.39 is 0 Å². The minimum Gasteiger partial charge on any atom is -0.247 e. The van der Waals surface area contributed by atoms with Crippen LogP contribution in [-0.4, -0.2) is 4.98 Å². The molecular weight excluding hydrogens is 286 g/mol. The molecular formula is C17H12ClNS. The second kappa shape index (κ2) is 4.51. The second-order valence-corrected chi connectivity index (χ2v) is 6.45. The van der Waals surface area contributed by atoms with E-state index in [1.165, 1.54) is 16.0 Å². The molecule has 0 atom stereocenters. The summed E-state index contributed by atoms with van der Waals surface area (Å²) >= 11 is 8.45. The zero-order chi connectivity index (χ0) is 13.7. The average molecular weight is 298 g/mol. The number of rotatable bonds is 0. The first-order chi connectivity index (χ1) is 9.74. The van der Waals surface area contributed by atoms with Crippen LogP contribution >= 0.6 is 23.4 Å². The molecule has 0 N–H and O–H groups in total. The Morgan fingerprint density at radius 3 is 2.90 bits per heavy atom. The number of halogens is 1. The number of benzene rings is 2. The fourth-order valence-corrected chi connectivity index (χ4v) is 4.12. The van der Waals surface area contributed by atoms with Gasteiger partial charge < -0.3 is 0 Å². The van der Waals surface area contributed by atoms with Gasteiger partial charge in [0.1, 0.15) is 0 Å². The van der Waals surface area contributed by atoms with Crippen molar-refractivity contribution in [2.45, 2.75) is 17.6 Å². The van der Waals surface area contributed by atoms with Crippen LogP contribution in [0, 0.1) is 6.92 Å². The third kappa shape index (κ3) is 1.75. The highest BCUT2D eigenvalue weighted by atomic mass is 35.5. The Kier molecular flexibility index (Phi) is 2.76. The molecule has 0 unspecified atom stereocenters. The number of nitrogens with zero attached hydrogens (tertiary/aromatic N) is 1. The van der Waals surface area contributed by atoms with Crippen molar-refractivity contribution in [2.75, 3.05) is 0 Å². The van der Waals surface area contributed by atoms with Crippen LogP contribution in [0.25, 0.3) is 22.2 Å². The van der Waals surface area contributed by atoms with Gasteiger partial charge in [-0.15, -0.1) is 11.8 Å². The smallest absolute Gasteiger partial charge is 0.0776 e. The molecule has 3 aromatic rings. The van der Waals surface area contributed by atoms with Crippen LogP contribution in [0.1, 0.15) is 11.1 Å². The van der Waals surface area contributed by atoms with Gasteiger partial charge in [-0.25, -0.2) is 4.98 Å². The van der Waals surface area contributed by atoms with E-state index in [1.54, 1.807) is 0 Å². The molecule has 4 rings (SSSR count). The summed E-state index contributed by atoms with van der Waals surface area (Å²) in [4.78, 5) is 6.15. The molecule has 0 bridgehead atoms. The molecule has 0 fully saturated rings. The van der Waals surface area contributed by atoms with Gasteiger partial charge in [-0.1, -0.05) is 41.4 Å². The first-order valence-corrected chi connectivity index (χ1v) is 7.91. The van der Waals surface area contributed by atoms with Gasteiger partial charge >= 0.3 is 0 Å². The number of para-hydroxylation sites is 1. The fourth-order valence-electron chi connectivity index (χ4n) is 2.67. The van der Waals surface area contributed by atoms with E-state index in [4.69, 9.17) is 16.6 Å². The number of fused-ring (bicyclic) bond motifs is 4. The minimum absolute atomic E-state index is 0.852. The minimum atomic E-state index is 0.852. The van der Waals surface area contributed by atoms with Crippen molar-refractivity contribution in [1.82, 2.24) is 4.98 Å². The molecule has 1 aromatic heterocycles. The highest BCUT2D eigenvalue weighted by Gasteiger charge is 2.22. The summed E-state index contributed by atoms with van der Waals surface area (Å²) in [7, 11) is 0. The average Bonchev–Trinajstić information content (AvgIpc) is 2.47. The summed E-state index contributed by atoms with van der Waals surface area (Å²) in [5.41, 5.74) is 5.64. The summed E-state index contributed by atoms with van der Waals surface area (Å²) in [6.07, 6.45) is 0. The first kappa shape index (κ1) is 12.2. The maximum absolute atomic E-state index is 6.61. The Balaban J connectivity index is 2.10. The molecule has 2 heterocycles. The van der Waals surface area contributed by atoms with E-state index in [0.29, 0.717) is 0 Å². The van der Waals surface area contributed by atoms with Crippen LogP contribution < -0.4 is 0 Å². The highest BCUT2D eigenvalue weighted by Crippen LogP contribution is 2.45.